The molecule has 0 saturated heterocycles. The highest BCUT2D eigenvalue weighted by Crippen LogP contribution is 2.42. The molecule has 4 rings (SSSR count). The van der Waals surface area contributed by atoms with E-state index in [1.54, 1.807) is 31.4 Å². The lowest BCUT2D eigenvalue weighted by Crippen LogP contribution is -2.37. The Morgan fingerprint density at radius 1 is 1.15 bits per heavy atom. The first-order valence-corrected chi connectivity index (χ1v) is 10.8. The van der Waals surface area contributed by atoms with Gasteiger partial charge in [0.2, 0.25) is 6.79 Å². The highest BCUT2D eigenvalue weighted by molar-refractivity contribution is 5.98. The maximum absolute atomic E-state index is 13.7. The zero-order valence-electron chi connectivity index (χ0n) is 19.1. The summed E-state index contributed by atoms with van der Waals surface area (Å²) in [6.07, 6.45) is 0. The van der Waals surface area contributed by atoms with Crippen molar-refractivity contribution in [3.05, 3.63) is 81.9 Å². The molecule has 0 aromatic heterocycles. The highest BCUT2D eigenvalue weighted by Gasteiger charge is 2.36. The van der Waals surface area contributed by atoms with Crippen LogP contribution in [-0.4, -0.2) is 31.3 Å². The smallest absolute Gasteiger partial charge is 0.279 e. The van der Waals surface area contributed by atoms with Crippen LogP contribution in [0.15, 0.2) is 60.7 Å². The lowest BCUT2D eigenvalue weighted by atomic mass is 9.99. The summed E-state index contributed by atoms with van der Waals surface area (Å²) in [4.78, 5) is 27.1. The molecule has 1 aliphatic rings. The number of rotatable bonds is 8. The van der Waals surface area contributed by atoms with Crippen molar-refractivity contribution in [2.45, 2.75) is 19.9 Å². The molecule has 1 atom stereocenters. The minimum Gasteiger partial charge on any atom is -0.497 e. The van der Waals surface area contributed by atoms with Crippen molar-refractivity contribution >= 4 is 23.0 Å². The Morgan fingerprint density at radius 3 is 2.47 bits per heavy atom. The predicted octanol–water partition coefficient (Wildman–Crippen LogP) is 4.85. The number of fused-ring (bicyclic) bond motifs is 1. The summed E-state index contributed by atoms with van der Waals surface area (Å²) in [6, 6.07) is 16.4. The van der Waals surface area contributed by atoms with Gasteiger partial charge in [0, 0.05) is 17.9 Å². The first-order chi connectivity index (χ1) is 16.4. The number of amides is 1. The van der Waals surface area contributed by atoms with Gasteiger partial charge in [-0.1, -0.05) is 12.1 Å². The van der Waals surface area contributed by atoms with Gasteiger partial charge in [0.25, 0.3) is 11.6 Å². The fraction of sp³-hybridized carbons (Fsp3) is 0.240. The Labute approximate surface area is 197 Å². The van der Waals surface area contributed by atoms with Gasteiger partial charge in [0.1, 0.15) is 11.8 Å². The number of carbonyl (C=O) groups excluding carboxylic acids is 1. The van der Waals surface area contributed by atoms with E-state index in [2.05, 4.69) is 5.32 Å². The molecule has 1 aliphatic heterocycles. The molecule has 1 amide bonds. The van der Waals surface area contributed by atoms with Crippen LogP contribution in [0.25, 0.3) is 0 Å². The van der Waals surface area contributed by atoms with E-state index in [0.717, 1.165) is 11.3 Å². The third kappa shape index (κ3) is 4.59. The lowest BCUT2D eigenvalue weighted by molar-refractivity contribution is -0.385. The molecule has 1 heterocycles. The predicted molar refractivity (Wildman–Crippen MR) is 128 cm³/mol. The molecule has 0 aliphatic carbocycles. The molecule has 0 fully saturated rings. The Balaban J connectivity index is 1.82. The second kappa shape index (κ2) is 9.70. The van der Waals surface area contributed by atoms with E-state index in [1.807, 2.05) is 43.0 Å². The lowest BCUT2D eigenvalue weighted by Gasteiger charge is -2.32. The van der Waals surface area contributed by atoms with E-state index in [-0.39, 0.29) is 23.8 Å². The minimum absolute atomic E-state index is 0.0337. The molecule has 3 aromatic carbocycles. The number of likely N-dealkylation sites (N-methyl/N-ethyl adjacent to an activating group) is 1. The number of nitro groups is 1. The van der Waals surface area contributed by atoms with Crippen LogP contribution in [-0.2, 0) is 4.79 Å². The van der Waals surface area contributed by atoms with Gasteiger partial charge in [-0.3, -0.25) is 14.9 Å². The largest absolute Gasteiger partial charge is 0.497 e. The van der Waals surface area contributed by atoms with E-state index >= 15 is 0 Å². The average molecular weight is 463 g/mol. The van der Waals surface area contributed by atoms with Crippen LogP contribution < -0.4 is 24.4 Å². The van der Waals surface area contributed by atoms with Crippen LogP contribution >= 0.6 is 0 Å². The molecule has 1 N–H and O–H groups in total. The summed E-state index contributed by atoms with van der Waals surface area (Å²) in [6.45, 7) is 4.24. The minimum atomic E-state index is -1.01. The van der Waals surface area contributed by atoms with Crippen molar-refractivity contribution in [3.8, 4) is 17.2 Å². The molecule has 3 aromatic rings. The van der Waals surface area contributed by atoms with Crippen molar-refractivity contribution in [1.29, 1.82) is 0 Å². The van der Waals surface area contributed by atoms with Crippen LogP contribution in [0.4, 0.5) is 17.1 Å². The monoisotopic (exact) mass is 463 g/mol. The molecule has 0 radical (unpaired) electrons. The quantitative estimate of drug-likeness (QED) is 0.376. The third-order valence-corrected chi connectivity index (χ3v) is 5.60. The molecular weight excluding hydrogens is 438 g/mol. The number of aryl methyl sites for hydroxylation is 1. The Bertz CT molecular complexity index is 1210. The second-order valence-corrected chi connectivity index (χ2v) is 7.77. The normalized spacial score (nSPS) is 12.7. The van der Waals surface area contributed by atoms with Crippen LogP contribution in [0.3, 0.4) is 0 Å². The van der Waals surface area contributed by atoms with Gasteiger partial charge in [-0.2, -0.15) is 0 Å². The second-order valence-electron chi connectivity index (χ2n) is 7.77. The van der Waals surface area contributed by atoms with E-state index in [1.165, 1.54) is 12.1 Å². The molecule has 34 heavy (non-hydrogen) atoms. The van der Waals surface area contributed by atoms with E-state index < -0.39 is 16.9 Å². The first-order valence-electron chi connectivity index (χ1n) is 10.8. The van der Waals surface area contributed by atoms with Gasteiger partial charge in [-0.05, 0) is 61.9 Å². The van der Waals surface area contributed by atoms with E-state index in [9.17, 15) is 14.9 Å². The summed E-state index contributed by atoms with van der Waals surface area (Å²) >= 11 is 0. The van der Waals surface area contributed by atoms with Crippen molar-refractivity contribution in [3.63, 3.8) is 0 Å². The molecular formula is C25H25N3O6. The van der Waals surface area contributed by atoms with E-state index in [4.69, 9.17) is 14.2 Å². The number of hydrogen-bond donors (Lipinski definition) is 1. The number of anilines is 2. The highest BCUT2D eigenvalue weighted by atomic mass is 16.7. The van der Waals surface area contributed by atoms with Crippen molar-refractivity contribution in [2.75, 3.05) is 30.7 Å². The molecule has 9 heteroatoms. The maximum Gasteiger partial charge on any atom is 0.279 e. The number of nitrogens with zero attached hydrogens (tertiary/aromatic N) is 2. The molecule has 0 unspecified atom stereocenters. The Morgan fingerprint density at radius 2 is 1.85 bits per heavy atom. The van der Waals surface area contributed by atoms with Gasteiger partial charge in [0.05, 0.1) is 23.7 Å². The van der Waals surface area contributed by atoms with E-state index in [0.29, 0.717) is 23.7 Å². The number of hydrogen-bond acceptors (Lipinski definition) is 7. The van der Waals surface area contributed by atoms with Crippen molar-refractivity contribution in [1.82, 2.24) is 0 Å². The fourth-order valence-corrected chi connectivity index (χ4v) is 3.98. The van der Waals surface area contributed by atoms with Crippen LogP contribution in [0.1, 0.15) is 24.1 Å². The summed E-state index contributed by atoms with van der Waals surface area (Å²) < 4.78 is 16.0. The van der Waals surface area contributed by atoms with Crippen molar-refractivity contribution < 1.29 is 23.9 Å². The summed E-state index contributed by atoms with van der Waals surface area (Å²) in [5.74, 6) is 0.873. The molecule has 176 valence electrons. The van der Waals surface area contributed by atoms with Crippen LogP contribution in [0, 0.1) is 17.0 Å². The van der Waals surface area contributed by atoms with Gasteiger partial charge in [-0.25, -0.2) is 0 Å². The molecule has 0 spiro atoms. The fourth-order valence-electron chi connectivity index (χ4n) is 3.98. The SMILES string of the molecule is CCN(c1cccc(C)c1)[C@@H](C(=O)Nc1ccc(OC)cc1)c1cc2c(cc1[N+](=O)[O-])OCO2. The topological polar surface area (TPSA) is 103 Å². The third-order valence-electron chi connectivity index (χ3n) is 5.60. The van der Waals surface area contributed by atoms with Crippen molar-refractivity contribution in [2.24, 2.45) is 0 Å². The summed E-state index contributed by atoms with van der Waals surface area (Å²) in [5.41, 5.74) is 2.31. The number of carbonyl (C=O) groups is 1. The number of benzene rings is 3. The van der Waals surface area contributed by atoms with Gasteiger partial charge < -0.3 is 24.4 Å². The standard InChI is InChI=1S/C25H25N3O6/c1-4-27(18-7-5-6-16(2)12-18)24(25(29)26-17-8-10-19(32-3)11-9-17)20-13-22-23(34-15-33-22)14-21(20)28(30)31/h5-14,24H,4,15H2,1-3H3,(H,26,29)/t24-/m1/s1. The molecule has 0 saturated carbocycles. The zero-order chi connectivity index (χ0) is 24.2. The Kier molecular flexibility index (Phi) is 6.53. The summed E-state index contributed by atoms with van der Waals surface area (Å²) in [7, 11) is 1.56. The number of nitro benzene ring substituents is 1. The molecule has 9 nitrogen and oxygen atoms in total. The van der Waals surface area contributed by atoms with Crippen LogP contribution in [0.2, 0.25) is 0 Å². The van der Waals surface area contributed by atoms with Gasteiger partial charge in [-0.15, -0.1) is 0 Å². The number of methoxy groups -OCH3 is 1. The zero-order valence-corrected chi connectivity index (χ0v) is 19.1. The number of nitrogens with one attached hydrogen (secondary N) is 1. The average Bonchev–Trinajstić information content (AvgIpc) is 3.29. The first kappa shape index (κ1) is 22.9. The van der Waals surface area contributed by atoms with Crippen LogP contribution in [0.5, 0.6) is 17.2 Å². The van der Waals surface area contributed by atoms with Gasteiger partial charge >= 0.3 is 0 Å². The van der Waals surface area contributed by atoms with Gasteiger partial charge in [0.15, 0.2) is 11.5 Å². The maximum atomic E-state index is 13.7. The number of ether oxygens (including phenoxy) is 3. The Hall–Kier alpha value is -4.27. The summed E-state index contributed by atoms with van der Waals surface area (Å²) in [5, 5.41) is 14.9. The molecule has 0 bridgehead atoms.